The van der Waals surface area contributed by atoms with Crippen LogP contribution >= 0.6 is 0 Å². The topological polar surface area (TPSA) is 37.3 Å². The van der Waals surface area contributed by atoms with Gasteiger partial charge in [0.25, 0.3) is 0 Å². The van der Waals surface area contributed by atoms with E-state index in [2.05, 4.69) is 0 Å². The third-order valence-corrected chi connectivity index (χ3v) is 3.05. The lowest BCUT2D eigenvalue weighted by atomic mass is 9.87. The number of halogens is 3. The molecule has 0 aliphatic heterocycles. The molecule has 1 aromatic rings. The van der Waals surface area contributed by atoms with Gasteiger partial charge in [-0.15, -0.1) is 0 Å². The van der Waals surface area contributed by atoms with E-state index in [1.54, 1.807) is 6.08 Å². The molecule has 0 saturated carbocycles. The van der Waals surface area contributed by atoms with Crippen molar-refractivity contribution in [1.82, 2.24) is 0 Å². The van der Waals surface area contributed by atoms with Crippen LogP contribution in [0.4, 0.5) is 13.2 Å². The molecule has 0 saturated heterocycles. The number of aliphatic hydroxyl groups is 1. The summed E-state index contributed by atoms with van der Waals surface area (Å²) in [4.78, 5) is 11.6. The van der Waals surface area contributed by atoms with E-state index in [4.69, 9.17) is 5.11 Å². The number of hydrogen-bond donors (Lipinski definition) is 1. The van der Waals surface area contributed by atoms with Gasteiger partial charge in [0, 0.05) is 5.92 Å². The highest BCUT2D eigenvalue weighted by molar-refractivity contribution is 5.98. The number of carbonyl (C=O) groups is 1. The molecule has 2 rings (SSSR count). The Morgan fingerprint density at radius 2 is 1.78 bits per heavy atom. The predicted molar refractivity (Wildman–Crippen MR) is 58.9 cm³/mol. The largest absolute Gasteiger partial charge is 0.416 e. The first-order valence-electron chi connectivity index (χ1n) is 5.43. The summed E-state index contributed by atoms with van der Waals surface area (Å²) in [7, 11) is 0. The molecule has 2 unspecified atom stereocenters. The van der Waals surface area contributed by atoms with Crippen molar-refractivity contribution in [2.75, 3.05) is 6.61 Å². The summed E-state index contributed by atoms with van der Waals surface area (Å²) in [6.07, 6.45) is -1.43. The molecule has 2 nitrogen and oxygen atoms in total. The first-order chi connectivity index (χ1) is 8.43. The maximum atomic E-state index is 12.4. The lowest BCUT2D eigenvalue weighted by Gasteiger charge is -2.17. The van der Waals surface area contributed by atoms with Crippen LogP contribution in [0.1, 0.15) is 17.0 Å². The van der Waals surface area contributed by atoms with Crippen molar-refractivity contribution in [1.29, 1.82) is 0 Å². The normalized spacial score (nSPS) is 23.7. The molecule has 5 heteroatoms. The SMILES string of the molecule is O=C1C=CC(CO)C1c1ccc(C(F)(F)F)cc1. The van der Waals surface area contributed by atoms with Crippen molar-refractivity contribution in [3.8, 4) is 0 Å². The van der Waals surface area contributed by atoms with Crippen molar-refractivity contribution in [3.05, 3.63) is 47.5 Å². The van der Waals surface area contributed by atoms with E-state index in [1.165, 1.54) is 18.2 Å². The van der Waals surface area contributed by atoms with E-state index in [9.17, 15) is 18.0 Å². The number of hydrogen-bond acceptors (Lipinski definition) is 2. The third-order valence-electron chi connectivity index (χ3n) is 3.05. The zero-order valence-electron chi connectivity index (χ0n) is 9.32. The van der Waals surface area contributed by atoms with Gasteiger partial charge in [0.15, 0.2) is 5.78 Å². The van der Waals surface area contributed by atoms with Crippen molar-refractivity contribution in [3.63, 3.8) is 0 Å². The molecule has 96 valence electrons. The Hall–Kier alpha value is -1.62. The van der Waals surface area contributed by atoms with E-state index in [0.29, 0.717) is 5.56 Å². The molecular weight excluding hydrogens is 245 g/mol. The Morgan fingerprint density at radius 3 is 2.28 bits per heavy atom. The van der Waals surface area contributed by atoms with Gasteiger partial charge in [0.1, 0.15) is 0 Å². The minimum absolute atomic E-state index is 0.186. The third kappa shape index (κ3) is 2.31. The summed E-state index contributed by atoms with van der Waals surface area (Å²) in [5.74, 6) is -1.11. The van der Waals surface area contributed by atoms with Crippen LogP contribution in [0.2, 0.25) is 0 Å². The van der Waals surface area contributed by atoms with Crippen LogP contribution in [0, 0.1) is 5.92 Å². The van der Waals surface area contributed by atoms with Crippen LogP contribution in [0.15, 0.2) is 36.4 Å². The quantitative estimate of drug-likeness (QED) is 0.882. The Bertz CT molecular complexity index is 474. The first-order valence-corrected chi connectivity index (χ1v) is 5.43. The van der Waals surface area contributed by atoms with Crippen LogP contribution < -0.4 is 0 Å². The van der Waals surface area contributed by atoms with Gasteiger partial charge in [-0.3, -0.25) is 4.79 Å². The monoisotopic (exact) mass is 256 g/mol. The molecule has 1 aliphatic carbocycles. The number of ketones is 1. The average molecular weight is 256 g/mol. The van der Waals surface area contributed by atoms with Crippen LogP contribution in [-0.4, -0.2) is 17.5 Å². The number of rotatable bonds is 2. The molecule has 0 spiro atoms. The summed E-state index contributed by atoms with van der Waals surface area (Å²) in [6, 6.07) is 4.49. The smallest absolute Gasteiger partial charge is 0.396 e. The molecule has 0 radical (unpaired) electrons. The zero-order valence-corrected chi connectivity index (χ0v) is 9.32. The maximum absolute atomic E-state index is 12.4. The maximum Gasteiger partial charge on any atom is 0.416 e. The molecule has 0 amide bonds. The highest BCUT2D eigenvalue weighted by Crippen LogP contribution is 2.34. The van der Waals surface area contributed by atoms with Gasteiger partial charge in [0.05, 0.1) is 18.1 Å². The van der Waals surface area contributed by atoms with Crippen molar-refractivity contribution >= 4 is 5.78 Å². The fraction of sp³-hybridized carbons (Fsp3) is 0.308. The summed E-state index contributed by atoms with van der Waals surface area (Å²) >= 11 is 0. The predicted octanol–water partition coefficient (Wildman–Crippen LogP) is 2.54. The summed E-state index contributed by atoms with van der Waals surface area (Å²) < 4.78 is 37.2. The van der Waals surface area contributed by atoms with Gasteiger partial charge in [-0.25, -0.2) is 0 Å². The van der Waals surface area contributed by atoms with E-state index >= 15 is 0 Å². The molecule has 1 N–H and O–H groups in total. The van der Waals surface area contributed by atoms with Crippen molar-refractivity contribution < 1.29 is 23.1 Å². The highest BCUT2D eigenvalue weighted by Gasteiger charge is 2.33. The van der Waals surface area contributed by atoms with Crippen LogP contribution in [-0.2, 0) is 11.0 Å². The van der Waals surface area contributed by atoms with Crippen molar-refractivity contribution in [2.45, 2.75) is 12.1 Å². The summed E-state index contributed by atoms with van der Waals surface area (Å²) in [6.45, 7) is -0.200. The van der Waals surface area contributed by atoms with Crippen LogP contribution in [0.5, 0.6) is 0 Å². The second kappa shape index (κ2) is 4.57. The number of alkyl halides is 3. The number of aliphatic hydroxyl groups excluding tert-OH is 1. The van der Waals surface area contributed by atoms with Crippen molar-refractivity contribution in [2.24, 2.45) is 5.92 Å². The number of allylic oxidation sites excluding steroid dienone is 1. The van der Waals surface area contributed by atoms with Gasteiger partial charge in [-0.1, -0.05) is 18.2 Å². The zero-order chi connectivity index (χ0) is 13.3. The molecule has 18 heavy (non-hydrogen) atoms. The lowest BCUT2D eigenvalue weighted by molar-refractivity contribution is -0.137. The van der Waals surface area contributed by atoms with Gasteiger partial charge in [-0.2, -0.15) is 13.2 Å². The molecule has 0 fully saturated rings. The Balaban J connectivity index is 2.27. The summed E-state index contributed by atoms with van der Waals surface area (Å²) in [5.41, 5.74) is -0.248. The standard InChI is InChI=1S/C13H11F3O2/c14-13(15,16)10-4-1-8(2-5-10)12-9(7-17)3-6-11(12)18/h1-6,9,12,17H,7H2. The molecule has 2 atom stereocenters. The Kier molecular flexibility index (Phi) is 3.26. The molecular formula is C13H11F3O2. The summed E-state index contributed by atoms with van der Waals surface area (Å²) in [5, 5.41) is 9.12. The second-order valence-corrected chi connectivity index (χ2v) is 4.21. The molecule has 0 aromatic heterocycles. The average Bonchev–Trinajstić information content (AvgIpc) is 2.69. The van der Waals surface area contributed by atoms with Gasteiger partial charge in [-0.05, 0) is 23.8 Å². The second-order valence-electron chi connectivity index (χ2n) is 4.21. The van der Waals surface area contributed by atoms with Gasteiger partial charge < -0.3 is 5.11 Å². The van der Waals surface area contributed by atoms with E-state index < -0.39 is 17.7 Å². The Labute approximate surface area is 102 Å². The molecule has 1 aromatic carbocycles. The number of carbonyl (C=O) groups excluding carboxylic acids is 1. The van der Waals surface area contributed by atoms with E-state index in [0.717, 1.165) is 12.1 Å². The minimum atomic E-state index is -4.38. The number of benzene rings is 1. The van der Waals surface area contributed by atoms with E-state index in [-0.39, 0.29) is 18.3 Å². The van der Waals surface area contributed by atoms with E-state index in [1.807, 2.05) is 0 Å². The van der Waals surface area contributed by atoms with Crippen LogP contribution in [0.25, 0.3) is 0 Å². The minimum Gasteiger partial charge on any atom is -0.396 e. The van der Waals surface area contributed by atoms with Gasteiger partial charge >= 0.3 is 6.18 Å². The fourth-order valence-corrected chi connectivity index (χ4v) is 2.10. The highest BCUT2D eigenvalue weighted by atomic mass is 19.4. The molecule has 1 aliphatic rings. The molecule has 0 bridgehead atoms. The Morgan fingerprint density at radius 1 is 1.17 bits per heavy atom. The first kappa shape index (κ1) is 12.8. The molecule has 0 heterocycles. The van der Waals surface area contributed by atoms with Crippen LogP contribution in [0.3, 0.4) is 0 Å². The fourth-order valence-electron chi connectivity index (χ4n) is 2.10. The lowest BCUT2D eigenvalue weighted by Crippen LogP contribution is -2.17. The van der Waals surface area contributed by atoms with Gasteiger partial charge in [0.2, 0.25) is 0 Å².